The van der Waals surface area contributed by atoms with Crippen LogP contribution in [0.2, 0.25) is 0 Å². The molecule has 6 nitrogen and oxygen atoms in total. The SMILES string of the molecule is CC1CCN(c2ccc(S(N)(=O)=O)c(N)c2)C1CO. The molecule has 2 rings (SSSR count). The van der Waals surface area contributed by atoms with Gasteiger partial charge in [-0.25, -0.2) is 13.6 Å². The molecule has 5 N–H and O–H groups in total. The fraction of sp³-hybridized carbons (Fsp3) is 0.500. The Kier molecular flexibility index (Phi) is 3.71. The molecular weight excluding hydrogens is 266 g/mol. The summed E-state index contributed by atoms with van der Waals surface area (Å²) in [6, 6.07) is 4.73. The van der Waals surface area contributed by atoms with Crippen LogP contribution in [0.3, 0.4) is 0 Å². The molecule has 19 heavy (non-hydrogen) atoms. The Morgan fingerprint density at radius 1 is 1.47 bits per heavy atom. The molecule has 0 amide bonds. The molecule has 1 fully saturated rings. The maximum Gasteiger partial charge on any atom is 0.240 e. The molecule has 1 aliphatic heterocycles. The average Bonchev–Trinajstić information content (AvgIpc) is 2.68. The van der Waals surface area contributed by atoms with E-state index in [9.17, 15) is 13.5 Å². The minimum absolute atomic E-state index is 0.0414. The van der Waals surface area contributed by atoms with Crippen LogP contribution in [0.4, 0.5) is 11.4 Å². The van der Waals surface area contributed by atoms with Crippen molar-refractivity contribution in [1.82, 2.24) is 0 Å². The molecule has 1 aliphatic rings. The van der Waals surface area contributed by atoms with E-state index in [1.54, 1.807) is 12.1 Å². The van der Waals surface area contributed by atoms with E-state index < -0.39 is 10.0 Å². The zero-order valence-corrected chi connectivity index (χ0v) is 11.6. The molecule has 0 aromatic heterocycles. The predicted molar refractivity (Wildman–Crippen MR) is 74.2 cm³/mol. The summed E-state index contributed by atoms with van der Waals surface area (Å²) >= 11 is 0. The van der Waals surface area contributed by atoms with Crippen LogP contribution in [0.5, 0.6) is 0 Å². The molecule has 0 saturated carbocycles. The minimum Gasteiger partial charge on any atom is -0.398 e. The van der Waals surface area contributed by atoms with Crippen molar-refractivity contribution >= 4 is 21.4 Å². The molecule has 0 bridgehead atoms. The first kappa shape index (κ1) is 14.1. The molecule has 1 aromatic rings. The van der Waals surface area contributed by atoms with E-state index in [2.05, 4.69) is 6.92 Å². The summed E-state index contributed by atoms with van der Waals surface area (Å²) in [4.78, 5) is 1.98. The molecule has 0 aliphatic carbocycles. The normalized spacial score (nSPS) is 23.8. The van der Waals surface area contributed by atoms with Crippen LogP contribution in [0, 0.1) is 5.92 Å². The Labute approximate surface area is 113 Å². The standard InChI is InChI=1S/C12H19N3O3S/c1-8-4-5-15(11(8)7-16)9-2-3-12(10(13)6-9)19(14,17)18/h2-3,6,8,11,16H,4-5,7,13H2,1H3,(H2,14,17,18). The third kappa shape index (κ3) is 2.68. The van der Waals surface area contributed by atoms with Crippen molar-refractivity contribution in [3.8, 4) is 0 Å². The molecule has 0 spiro atoms. The van der Waals surface area contributed by atoms with Gasteiger partial charge < -0.3 is 15.7 Å². The lowest BCUT2D eigenvalue weighted by molar-refractivity contribution is 0.245. The minimum atomic E-state index is -3.80. The van der Waals surface area contributed by atoms with Gasteiger partial charge in [0.1, 0.15) is 4.90 Å². The summed E-state index contributed by atoms with van der Waals surface area (Å²) in [7, 11) is -3.80. The smallest absolute Gasteiger partial charge is 0.240 e. The summed E-state index contributed by atoms with van der Waals surface area (Å²) in [5.41, 5.74) is 6.70. The van der Waals surface area contributed by atoms with Gasteiger partial charge in [0.2, 0.25) is 10.0 Å². The number of rotatable bonds is 3. The number of hydrogen-bond donors (Lipinski definition) is 3. The topological polar surface area (TPSA) is 110 Å². The van der Waals surface area contributed by atoms with E-state index >= 15 is 0 Å². The van der Waals surface area contributed by atoms with E-state index in [-0.39, 0.29) is 23.2 Å². The number of aliphatic hydroxyl groups is 1. The summed E-state index contributed by atoms with van der Waals surface area (Å²) in [5, 5.41) is 14.5. The Hall–Kier alpha value is -1.31. The summed E-state index contributed by atoms with van der Waals surface area (Å²) < 4.78 is 22.6. The second-order valence-electron chi connectivity index (χ2n) is 4.98. The number of anilines is 2. The summed E-state index contributed by atoms with van der Waals surface area (Å²) in [6.07, 6.45) is 0.988. The predicted octanol–water partition coefficient (Wildman–Crippen LogP) is 0.123. The van der Waals surface area contributed by atoms with Crippen molar-refractivity contribution < 1.29 is 13.5 Å². The number of benzene rings is 1. The van der Waals surface area contributed by atoms with Gasteiger partial charge in [0.25, 0.3) is 0 Å². The van der Waals surface area contributed by atoms with Gasteiger partial charge in [-0.3, -0.25) is 0 Å². The lowest BCUT2D eigenvalue weighted by Crippen LogP contribution is -2.35. The highest BCUT2D eigenvalue weighted by Crippen LogP contribution is 2.32. The Morgan fingerprint density at radius 2 is 2.16 bits per heavy atom. The van der Waals surface area contributed by atoms with Crippen LogP contribution in [0.25, 0.3) is 0 Å². The Morgan fingerprint density at radius 3 is 2.68 bits per heavy atom. The Bertz CT molecular complexity index is 574. The molecule has 106 valence electrons. The van der Waals surface area contributed by atoms with Crippen LogP contribution >= 0.6 is 0 Å². The highest BCUT2D eigenvalue weighted by atomic mass is 32.2. The zero-order valence-electron chi connectivity index (χ0n) is 10.8. The van der Waals surface area contributed by atoms with Crippen molar-refractivity contribution in [3.05, 3.63) is 18.2 Å². The Balaban J connectivity index is 2.35. The number of sulfonamides is 1. The van der Waals surface area contributed by atoms with Crippen LogP contribution in [-0.2, 0) is 10.0 Å². The van der Waals surface area contributed by atoms with Gasteiger partial charge in [-0.05, 0) is 30.5 Å². The zero-order chi connectivity index (χ0) is 14.2. The quantitative estimate of drug-likeness (QED) is 0.683. The third-order valence-electron chi connectivity index (χ3n) is 3.70. The molecule has 7 heteroatoms. The van der Waals surface area contributed by atoms with Crippen LogP contribution < -0.4 is 15.8 Å². The first-order valence-electron chi connectivity index (χ1n) is 6.14. The highest BCUT2D eigenvalue weighted by Gasteiger charge is 2.31. The number of aliphatic hydroxyl groups excluding tert-OH is 1. The molecule has 2 atom stereocenters. The third-order valence-corrected chi connectivity index (χ3v) is 4.69. The number of hydrogen-bond acceptors (Lipinski definition) is 5. The lowest BCUT2D eigenvalue weighted by Gasteiger charge is -2.27. The van der Waals surface area contributed by atoms with Gasteiger partial charge in [0, 0.05) is 12.2 Å². The van der Waals surface area contributed by atoms with Crippen molar-refractivity contribution in [2.24, 2.45) is 11.1 Å². The number of nitrogens with zero attached hydrogens (tertiary/aromatic N) is 1. The van der Waals surface area contributed by atoms with E-state index in [0.29, 0.717) is 5.92 Å². The van der Waals surface area contributed by atoms with Gasteiger partial charge in [-0.15, -0.1) is 0 Å². The van der Waals surface area contributed by atoms with Crippen LogP contribution in [0.1, 0.15) is 13.3 Å². The van der Waals surface area contributed by atoms with Crippen molar-refractivity contribution in [3.63, 3.8) is 0 Å². The second-order valence-corrected chi connectivity index (χ2v) is 6.51. The first-order chi connectivity index (χ1) is 8.84. The monoisotopic (exact) mass is 285 g/mol. The fourth-order valence-electron chi connectivity index (χ4n) is 2.58. The van der Waals surface area contributed by atoms with Crippen molar-refractivity contribution in [2.45, 2.75) is 24.3 Å². The van der Waals surface area contributed by atoms with Gasteiger partial charge >= 0.3 is 0 Å². The second kappa shape index (κ2) is 4.99. The number of nitrogen functional groups attached to an aromatic ring is 1. The molecule has 0 radical (unpaired) electrons. The summed E-state index contributed by atoms with van der Waals surface area (Å²) in [5.74, 6) is 0.393. The molecule has 1 aromatic carbocycles. The van der Waals surface area contributed by atoms with Crippen LogP contribution in [0.15, 0.2) is 23.1 Å². The van der Waals surface area contributed by atoms with E-state index in [1.165, 1.54) is 6.07 Å². The maximum absolute atomic E-state index is 11.3. The number of nitrogens with two attached hydrogens (primary N) is 2. The van der Waals surface area contributed by atoms with Gasteiger partial charge in [0.05, 0.1) is 18.3 Å². The lowest BCUT2D eigenvalue weighted by atomic mass is 10.0. The van der Waals surface area contributed by atoms with E-state index in [0.717, 1.165) is 18.7 Å². The molecular formula is C12H19N3O3S. The van der Waals surface area contributed by atoms with Gasteiger partial charge in [-0.2, -0.15) is 0 Å². The average molecular weight is 285 g/mol. The van der Waals surface area contributed by atoms with E-state index in [4.69, 9.17) is 10.9 Å². The van der Waals surface area contributed by atoms with Crippen LogP contribution in [-0.4, -0.2) is 32.7 Å². The largest absolute Gasteiger partial charge is 0.398 e. The summed E-state index contributed by atoms with van der Waals surface area (Å²) in [6.45, 7) is 2.97. The molecule has 1 saturated heterocycles. The molecule has 2 unspecified atom stereocenters. The number of primary sulfonamides is 1. The maximum atomic E-state index is 11.3. The van der Waals surface area contributed by atoms with E-state index in [1.807, 2.05) is 4.90 Å². The first-order valence-corrected chi connectivity index (χ1v) is 7.69. The van der Waals surface area contributed by atoms with Gasteiger partial charge in [-0.1, -0.05) is 6.92 Å². The fourth-order valence-corrected chi connectivity index (χ4v) is 3.23. The van der Waals surface area contributed by atoms with Gasteiger partial charge in [0.15, 0.2) is 0 Å². The van der Waals surface area contributed by atoms with Crippen molar-refractivity contribution in [2.75, 3.05) is 23.8 Å². The highest BCUT2D eigenvalue weighted by molar-refractivity contribution is 7.89. The molecule has 1 heterocycles. The van der Waals surface area contributed by atoms with Crippen molar-refractivity contribution in [1.29, 1.82) is 0 Å².